The van der Waals surface area contributed by atoms with E-state index in [0.29, 0.717) is 6.42 Å². The molecule has 0 aliphatic rings. The van der Waals surface area contributed by atoms with Crippen LogP contribution in [0.3, 0.4) is 0 Å². The van der Waals surface area contributed by atoms with Crippen LogP contribution in [-0.4, -0.2) is 37.5 Å². The third-order valence-electron chi connectivity index (χ3n) is 1.60. The van der Waals surface area contributed by atoms with Gasteiger partial charge in [-0.2, -0.15) is 5.11 Å². The van der Waals surface area contributed by atoms with E-state index in [2.05, 4.69) is 14.2 Å². The molecule has 0 rings (SSSR count). The van der Waals surface area contributed by atoms with Crippen molar-refractivity contribution in [3.05, 3.63) is 0 Å². The summed E-state index contributed by atoms with van der Waals surface area (Å²) in [4.78, 5) is 22.7. The largest absolute Gasteiger partial charge is 0.461 e. The molecule has 0 amide bonds. The second-order valence-corrected chi connectivity index (χ2v) is 3.41. The zero-order valence-electron chi connectivity index (χ0n) is 9.94. The number of ether oxygens (including phenoxy) is 3. The fourth-order valence-corrected chi connectivity index (χ4v) is 0.831. The molecule has 0 aromatic carbocycles. The maximum absolute atomic E-state index is 11.7. The van der Waals surface area contributed by atoms with E-state index in [-0.39, 0.29) is 6.61 Å². The Morgan fingerprint density at radius 3 is 2.19 bits per heavy atom. The van der Waals surface area contributed by atoms with Gasteiger partial charge in [-0.15, -0.1) is 0 Å². The van der Waals surface area contributed by atoms with Crippen molar-refractivity contribution in [2.24, 2.45) is 0 Å². The van der Waals surface area contributed by atoms with E-state index in [9.17, 15) is 14.7 Å². The van der Waals surface area contributed by atoms with E-state index in [0.717, 1.165) is 7.11 Å². The van der Waals surface area contributed by atoms with Gasteiger partial charge in [0.25, 0.3) is 0 Å². The highest BCUT2D eigenvalue weighted by molar-refractivity contribution is 6.01. The van der Waals surface area contributed by atoms with Crippen molar-refractivity contribution in [3.63, 3.8) is 0 Å². The molecule has 1 unspecified atom stereocenters. The molecule has 0 aliphatic heterocycles. The molecular weight excluding hydrogens is 216 g/mol. The number of esters is 2. The van der Waals surface area contributed by atoms with Gasteiger partial charge in [-0.05, 0) is 20.3 Å². The summed E-state index contributed by atoms with van der Waals surface area (Å²) in [6.45, 7) is 4.94. The molecule has 0 saturated heterocycles. The van der Waals surface area contributed by atoms with Gasteiger partial charge >= 0.3 is 17.7 Å². The van der Waals surface area contributed by atoms with E-state index in [4.69, 9.17) is 0 Å². The lowest BCUT2D eigenvalue weighted by atomic mass is 10.3. The monoisotopic (exact) mass is 233 g/mol. The first-order valence-corrected chi connectivity index (χ1v) is 5.02. The van der Waals surface area contributed by atoms with Crippen molar-refractivity contribution in [1.82, 2.24) is 0 Å². The molecule has 0 bridgehead atoms. The van der Waals surface area contributed by atoms with Crippen LogP contribution in [0.5, 0.6) is 0 Å². The minimum atomic E-state index is -2.93. The summed E-state index contributed by atoms with van der Waals surface area (Å²) in [5.41, 5.74) is 0. The standard InChI is InChI=1S/C10H17O6/c1-5-6-15-8(11)10(13,14-4)9(12)16-7(2)3/h7H,5-6H2,1-4H3. The normalized spacial score (nSPS) is 14.4. The topological polar surface area (TPSA) is 81.7 Å². The molecule has 0 saturated carbocycles. The van der Waals surface area contributed by atoms with Crippen LogP contribution >= 0.6 is 0 Å². The third kappa shape index (κ3) is 3.79. The molecule has 6 nitrogen and oxygen atoms in total. The fraction of sp³-hybridized carbons (Fsp3) is 0.800. The van der Waals surface area contributed by atoms with Crippen LogP contribution in [0.15, 0.2) is 0 Å². The van der Waals surface area contributed by atoms with Gasteiger partial charge < -0.3 is 14.2 Å². The zero-order chi connectivity index (χ0) is 12.8. The van der Waals surface area contributed by atoms with Crippen molar-refractivity contribution >= 4 is 11.9 Å². The average Bonchev–Trinajstić information content (AvgIpc) is 2.23. The van der Waals surface area contributed by atoms with Crippen LogP contribution in [0, 0.1) is 0 Å². The number of rotatable bonds is 6. The zero-order valence-corrected chi connectivity index (χ0v) is 9.94. The lowest BCUT2D eigenvalue weighted by Gasteiger charge is -2.21. The predicted molar refractivity (Wildman–Crippen MR) is 52.9 cm³/mol. The molecule has 0 spiro atoms. The van der Waals surface area contributed by atoms with E-state index in [1.54, 1.807) is 20.8 Å². The molecule has 6 heteroatoms. The lowest BCUT2D eigenvalue weighted by molar-refractivity contribution is -0.250. The Kier molecular flexibility index (Phi) is 5.98. The number of carbonyl (C=O) groups is 2. The fourth-order valence-electron chi connectivity index (χ4n) is 0.831. The molecule has 0 aromatic heterocycles. The van der Waals surface area contributed by atoms with Crippen LogP contribution in [0.4, 0.5) is 0 Å². The highest BCUT2D eigenvalue weighted by Crippen LogP contribution is 2.13. The van der Waals surface area contributed by atoms with Crippen LogP contribution in [0.25, 0.3) is 0 Å². The first-order chi connectivity index (χ1) is 7.38. The first-order valence-electron chi connectivity index (χ1n) is 5.02. The van der Waals surface area contributed by atoms with Crippen LogP contribution in [0.1, 0.15) is 27.2 Å². The van der Waals surface area contributed by atoms with Crippen LogP contribution in [0.2, 0.25) is 0 Å². The maximum atomic E-state index is 11.7. The van der Waals surface area contributed by atoms with Crippen molar-refractivity contribution in [2.45, 2.75) is 39.1 Å². The minimum absolute atomic E-state index is 0.0567. The molecule has 1 radical (unpaired) electrons. The molecule has 0 heterocycles. The van der Waals surface area contributed by atoms with Gasteiger partial charge in [0.05, 0.1) is 12.7 Å². The smallest absolute Gasteiger partial charge is 0.397 e. The quantitative estimate of drug-likeness (QED) is 0.382. The Morgan fingerprint density at radius 1 is 1.25 bits per heavy atom. The van der Waals surface area contributed by atoms with E-state index in [1.165, 1.54) is 0 Å². The van der Waals surface area contributed by atoms with Crippen LogP contribution in [-0.2, 0) is 28.9 Å². The van der Waals surface area contributed by atoms with Gasteiger partial charge in [-0.25, -0.2) is 9.59 Å². The van der Waals surface area contributed by atoms with Gasteiger partial charge in [0, 0.05) is 7.11 Å². The van der Waals surface area contributed by atoms with E-state index >= 15 is 0 Å². The molecule has 93 valence electrons. The summed E-state index contributed by atoms with van der Waals surface area (Å²) in [5, 5.41) is 11.7. The second-order valence-electron chi connectivity index (χ2n) is 3.41. The van der Waals surface area contributed by atoms with Crippen molar-refractivity contribution in [2.75, 3.05) is 13.7 Å². The SMILES string of the molecule is CCCOC(=O)C([O])(OC)C(=O)OC(C)C. The second kappa shape index (κ2) is 6.44. The number of carbonyl (C=O) groups excluding carboxylic acids is 2. The Balaban J connectivity index is 4.62. The molecule has 0 aromatic rings. The molecule has 0 aliphatic carbocycles. The Morgan fingerprint density at radius 2 is 1.81 bits per heavy atom. The average molecular weight is 233 g/mol. The van der Waals surface area contributed by atoms with E-state index < -0.39 is 23.8 Å². The number of hydrogen-bond donors (Lipinski definition) is 0. The maximum Gasteiger partial charge on any atom is 0.397 e. The van der Waals surface area contributed by atoms with Gasteiger partial charge in [0.2, 0.25) is 0 Å². The van der Waals surface area contributed by atoms with Gasteiger partial charge in [0.1, 0.15) is 0 Å². The summed E-state index contributed by atoms with van der Waals surface area (Å²) in [7, 11) is 0.960. The van der Waals surface area contributed by atoms with Gasteiger partial charge in [-0.1, -0.05) is 6.92 Å². The molecule has 1 atom stereocenters. The summed E-state index contributed by atoms with van der Waals surface area (Å²) >= 11 is 0. The minimum Gasteiger partial charge on any atom is -0.461 e. The van der Waals surface area contributed by atoms with Crippen molar-refractivity contribution in [1.29, 1.82) is 0 Å². The molecule has 0 fully saturated rings. The summed E-state index contributed by atoms with van der Waals surface area (Å²) in [6.07, 6.45) is 0.0417. The van der Waals surface area contributed by atoms with Crippen LogP contribution < -0.4 is 0 Å². The molecular formula is C10H17O6. The summed E-state index contributed by atoms with van der Waals surface area (Å²) < 4.78 is 13.6. The van der Waals surface area contributed by atoms with Gasteiger partial charge in [0.15, 0.2) is 0 Å². The Hall–Kier alpha value is -1.14. The summed E-state index contributed by atoms with van der Waals surface area (Å²) in [5.74, 6) is -5.49. The highest BCUT2D eigenvalue weighted by atomic mass is 16.7. The first kappa shape index (κ1) is 14.9. The third-order valence-corrected chi connectivity index (χ3v) is 1.60. The van der Waals surface area contributed by atoms with Gasteiger partial charge in [-0.3, -0.25) is 0 Å². The number of methoxy groups -OCH3 is 1. The summed E-state index contributed by atoms with van der Waals surface area (Å²) in [6, 6.07) is 0. The Bertz CT molecular complexity index is 250. The molecule has 16 heavy (non-hydrogen) atoms. The molecule has 0 N–H and O–H groups in total. The lowest BCUT2D eigenvalue weighted by Crippen LogP contribution is -2.50. The Labute approximate surface area is 94.5 Å². The highest BCUT2D eigenvalue weighted by Gasteiger charge is 2.51. The van der Waals surface area contributed by atoms with Crippen molar-refractivity contribution < 1.29 is 28.9 Å². The predicted octanol–water partition coefficient (Wildman–Crippen LogP) is 0.664. The number of hydrogen-bond acceptors (Lipinski definition) is 5. The van der Waals surface area contributed by atoms with E-state index in [1.807, 2.05) is 0 Å². The van der Waals surface area contributed by atoms with Crippen molar-refractivity contribution in [3.8, 4) is 0 Å².